The number of para-hydroxylation sites is 1. The number of amides is 1. The van der Waals surface area contributed by atoms with Gasteiger partial charge in [0.25, 0.3) is 5.91 Å². The minimum atomic E-state index is -1.19. The highest BCUT2D eigenvalue weighted by molar-refractivity contribution is 5.99. The van der Waals surface area contributed by atoms with Gasteiger partial charge in [-0.25, -0.2) is 4.98 Å². The summed E-state index contributed by atoms with van der Waals surface area (Å²) in [5, 5.41) is 21.4. The fourth-order valence-electron chi connectivity index (χ4n) is 2.27. The van der Waals surface area contributed by atoms with Crippen molar-refractivity contribution in [3.05, 3.63) is 60.3 Å². The third-order valence-corrected chi connectivity index (χ3v) is 3.39. The van der Waals surface area contributed by atoms with Gasteiger partial charge in [-0.1, -0.05) is 24.3 Å². The first-order valence-electron chi connectivity index (χ1n) is 7.40. The molecule has 0 saturated heterocycles. The molecule has 7 heteroatoms. The minimum absolute atomic E-state index is 0.245. The van der Waals surface area contributed by atoms with Gasteiger partial charge in [-0.05, 0) is 30.3 Å². The maximum atomic E-state index is 12.0. The lowest BCUT2D eigenvalue weighted by molar-refractivity contribution is -0.135. The number of hydrogen-bond acceptors (Lipinski definition) is 5. The average Bonchev–Trinajstić information content (AvgIpc) is 2.60. The summed E-state index contributed by atoms with van der Waals surface area (Å²) in [5.41, 5.74) is 0.192. The normalized spacial score (nSPS) is 10.4. The van der Waals surface area contributed by atoms with E-state index in [1.54, 1.807) is 30.3 Å². The van der Waals surface area contributed by atoms with Gasteiger partial charge in [0.1, 0.15) is 23.8 Å². The number of nitrogens with zero attached hydrogens (tertiary/aromatic N) is 1. The summed E-state index contributed by atoms with van der Waals surface area (Å²) in [7, 11) is 0. The number of carboxylic acids is 1. The molecule has 0 aliphatic carbocycles. The third kappa shape index (κ3) is 3.66. The third-order valence-electron chi connectivity index (χ3n) is 3.39. The number of rotatable bonds is 5. The number of carbonyl (C=O) groups is 2. The number of aromatic hydroxyl groups is 1. The molecular formula is C18H14N2O5. The molecule has 0 radical (unpaired) electrons. The molecular weight excluding hydrogens is 324 g/mol. The largest absolute Gasteiger partial charge is 0.505 e. The first-order chi connectivity index (χ1) is 12.0. The number of ether oxygens (including phenoxy) is 1. The monoisotopic (exact) mass is 338 g/mol. The van der Waals surface area contributed by atoms with E-state index in [1.165, 1.54) is 6.07 Å². The molecule has 0 atom stereocenters. The molecule has 0 bridgehead atoms. The van der Waals surface area contributed by atoms with Crippen LogP contribution in [-0.4, -0.2) is 33.6 Å². The molecule has 7 nitrogen and oxygen atoms in total. The van der Waals surface area contributed by atoms with E-state index in [0.29, 0.717) is 22.4 Å². The van der Waals surface area contributed by atoms with Crippen molar-refractivity contribution in [2.45, 2.75) is 0 Å². The Hall–Kier alpha value is -3.61. The van der Waals surface area contributed by atoms with E-state index in [4.69, 9.17) is 9.84 Å². The van der Waals surface area contributed by atoms with Crippen molar-refractivity contribution in [1.29, 1.82) is 0 Å². The molecule has 0 unspecified atom stereocenters. The van der Waals surface area contributed by atoms with Gasteiger partial charge in [0, 0.05) is 5.39 Å². The van der Waals surface area contributed by atoms with Crippen molar-refractivity contribution in [2.24, 2.45) is 0 Å². The van der Waals surface area contributed by atoms with E-state index in [0.717, 1.165) is 0 Å². The Balaban J connectivity index is 1.96. The molecule has 3 N–H and O–H groups in total. The fraction of sp³-hybridized carbons (Fsp3) is 0.0556. The van der Waals surface area contributed by atoms with E-state index in [9.17, 15) is 14.7 Å². The smallest absolute Gasteiger partial charge is 0.322 e. The van der Waals surface area contributed by atoms with E-state index in [2.05, 4.69) is 10.3 Å². The molecule has 25 heavy (non-hydrogen) atoms. The summed E-state index contributed by atoms with van der Waals surface area (Å²) < 4.78 is 5.80. The van der Waals surface area contributed by atoms with Gasteiger partial charge in [-0.2, -0.15) is 0 Å². The molecule has 2 aromatic carbocycles. The van der Waals surface area contributed by atoms with Crippen molar-refractivity contribution < 1.29 is 24.5 Å². The standard InChI is InChI=1S/C18H14N2O5/c21-14-9-12-13(20-17(14)18(24)19-10-16(22)23)7-4-8-15(12)25-11-5-2-1-3-6-11/h1-9,21H,10H2,(H,19,24)(H,22,23). The fourth-order valence-corrected chi connectivity index (χ4v) is 2.27. The predicted octanol–water partition coefficient (Wildman–Crippen LogP) is 2.55. The van der Waals surface area contributed by atoms with Crippen molar-refractivity contribution in [3.63, 3.8) is 0 Å². The number of fused-ring (bicyclic) bond motifs is 1. The summed E-state index contributed by atoms with van der Waals surface area (Å²) >= 11 is 0. The van der Waals surface area contributed by atoms with Crippen LogP contribution in [0.25, 0.3) is 10.9 Å². The highest BCUT2D eigenvalue weighted by Crippen LogP contribution is 2.32. The van der Waals surface area contributed by atoms with E-state index in [-0.39, 0.29) is 11.4 Å². The topological polar surface area (TPSA) is 109 Å². The molecule has 1 aromatic heterocycles. The van der Waals surface area contributed by atoms with E-state index >= 15 is 0 Å². The van der Waals surface area contributed by atoms with Crippen molar-refractivity contribution in [3.8, 4) is 17.2 Å². The highest BCUT2D eigenvalue weighted by Gasteiger charge is 2.17. The van der Waals surface area contributed by atoms with Crippen LogP contribution in [0.2, 0.25) is 0 Å². The van der Waals surface area contributed by atoms with Crippen LogP contribution < -0.4 is 10.1 Å². The molecule has 0 spiro atoms. The van der Waals surface area contributed by atoms with Crippen LogP contribution in [0, 0.1) is 0 Å². The maximum absolute atomic E-state index is 12.0. The molecule has 3 aromatic rings. The Labute approximate surface area is 142 Å². The van der Waals surface area contributed by atoms with Gasteiger partial charge >= 0.3 is 5.97 Å². The Morgan fingerprint density at radius 2 is 1.84 bits per heavy atom. The number of carboxylic acid groups (broad SMARTS) is 1. The van der Waals surface area contributed by atoms with Crippen LogP contribution in [0.5, 0.6) is 17.2 Å². The number of benzene rings is 2. The molecule has 0 aliphatic heterocycles. The molecule has 1 heterocycles. The zero-order chi connectivity index (χ0) is 17.8. The first kappa shape index (κ1) is 16.3. The number of aromatic nitrogens is 1. The molecule has 0 fully saturated rings. The van der Waals surface area contributed by atoms with Gasteiger partial charge in [-0.15, -0.1) is 0 Å². The molecule has 126 valence electrons. The quantitative estimate of drug-likeness (QED) is 0.660. The molecule has 0 aliphatic rings. The van der Waals surface area contributed by atoms with Gasteiger partial charge in [0.05, 0.1) is 5.52 Å². The number of hydrogen-bond donors (Lipinski definition) is 3. The second kappa shape index (κ2) is 6.88. The number of carbonyl (C=O) groups excluding carboxylic acids is 1. The Bertz CT molecular complexity index is 941. The lowest BCUT2D eigenvalue weighted by atomic mass is 10.1. The minimum Gasteiger partial charge on any atom is -0.505 e. The Kier molecular flexibility index (Phi) is 4.47. The summed E-state index contributed by atoms with van der Waals surface area (Å²) in [4.78, 5) is 26.6. The van der Waals surface area contributed by atoms with Crippen LogP contribution in [0.1, 0.15) is 10.5 Å². The van der Waals surface area contributed by atoms with Crippen LogP contribution in [0.4, 0.5) is 0 Å². The van der Waals surface area contributed by atoms with Gasteiger partial charge in [0.2, 0.25) is 0 Å². The van der Waals surface area contributed by atoms with Crippen LogP contribution in [0.15, 0.2) is 54.6 Å². The van der Waals surface area contributed by atoms with Crippen LogP contribution in [-0.2, 0) is 4.79 Å². The summed E-state index contributed by atoms with van der Waals surface area (Å²) in [6.45, 7) is -0.560. The zero-order valence-corrected chi connectivity index (χ0v) is 13.0. The molecule has 0 saturated carbocycles. The SMILES string of the molecule is O=C(O)CNC(=O)c1nc2cccc(Oc3ccccc3)c2cc1O. The first-order valence-corrected chi connectivity index (χ1v) is 7.40. The number of nitrogens with one attached hydrogen (secondary N) is 1. The zero-order valence-electron chi connectivity index (χ0n) is 13.0. The summed E-state index contributed by atoms with van der Waals surface area (Å²) in [5.74, 6) is -1.22. The molecule has 3 rings (SSSR count). The van der Waals surface area contributed by atoms with Gasteiger partial charge < -0.3 is 20.3 Å². The van der Waals surface area contributed by atoms with E-state index in [1.807, 2.05) is 18.2 Å². The number of aliphatic carboxylic acids is 1. The lowest BCUT2D eigenvalue weighted by Crippen LogP contribution is -2.29. The predicted molar refractivity (Wildman–Crippen MR) is 89.9 cm³/mol. The lowest BCUT2D eigenvalue weighted by Gasteiger charge is -2.11. The average molecular weight is 338 g/mol. The highest BCUT2D eigenvalue weighted by atomic mass is 16.5. The van der Waals surface area contributed by atoms with Crippen molar-refractivity contribution >= 4 is 22.8 Å². The summed E-state index contributed by atoms with van der Waals surface area (Å²) in [6, 6.07) is 15.6. The maximum Gasteiger partial charge on any atom is 0.322 e. The summed E-state index contributed by atoms with van der Waals surface area (Å²) in [6.07, 6.45) is 0. The Morgan fingerprint density at radius 1 is 1.08 bits per heavy atom. The van der Waals surface area contributed by atoms with E-state index < -0.39 is 18.4 Å². The van der Waals surface area contributed by atoms with Crippen LogP contribution >= 0.6 is 0 Å². The van der Waals surface area contributed by atoms with Gasteiger partial charge in [-0.3, -0.25) is 9.59 Å². The van der Waals surface area contributed by atoms with Crippen LogP contribution in [0.3, 0.4) is 0 Å². The van der Waals surface area contributed by atoms with Crippen molar-refractivity contribution in [2.75, 3.05) is 6.54 Å². The molecule has 1 amide bonds. The van der Waals surface area contributed by atoms with Crippen molar-refractivity contribution in [1.82, 2.24) is 10.3 Å². The second-order valence-electron chi connectivity index (χ2n) is 5.17. The second-order valence-corrected chi connectivity index (χ2v) is 5.17. The Morgan fingerprint density at radius 3 is 2.56 bits per heavy atom. The van der Waals surface area contributed by atoms with Gasteiger partial charge in [0.15, 0.2) is 5.69 Å². The number of pyridine rings is 1.